The van der Waals surface area contributed by atoms with Gasteiger partial charge in [-0.05, 0) is 17.7 Å². The van der Waals surface area contributed by atoms with Crippen molar-refractivity contribution in [1.82, 2.24) is 9.55 Å². The van der Waals surface area contributed by atoms with Crippen molar-refractivity contribution in [1.29, 1.82) is 0 Å². The van der Waals surface area contributed by atoms with Crippen molar-refractivity contribution >= 4 is 15.9 Å². The highest BCUT2D eigenvalue weighted by Gasteiger charge is 1.93. The first-order chi connectivity index (χ1) is 6.34. The van der Waals surface area contributed by atoms with E-state index in [0.29, 0.717) is 0 Å². The molecule has 0 atom stereocenters. The molecule has 1 aromatic carbocycles. The topological polar surface area (TPSA) is 17.8 Å². The molecule has 3 heteroatoms. The number of halogens is 1. The summed E-state index contributed by atoms with van der Waals surface area (Å²) in [5, 5.41) is 0. The van der Waals surface area contributed by atoms with Crippen molar-refractivity contribution in [2.75, 3.05) is 0 Å². The minimum atomic E-state index is 0.882. The average Bonchev–Trinajstić information content (AvgIpc) is 2.62. The third kappa shape index (κ3) is 2.18. The van der Waals surface area contributed by atoms with Crippen molar-refractivity contribution in [2.45, 2.75) is 6.54 Å². The number of hydrogen-bond acceptors (Lipinski definition) is 1. The monoisotopic (exact) mass is 236 g/mol. The highest BCUT2D eigenvalue weighted by molar-refractivity contribution is 9.10. The van der Waals surface area contributed by atoms with E-state index in [1.54, 1.807) is 6.20 Å². The smallest absolute Gasteiger partial charge is 0.0949 e. The second-order valence-corrected chi connectivity index (χ2v) is 3.78. The first-order valence-corrected chi connectivity index (χ1v) is 4.84. The summed E-state index contributed by atoms with van der Waals surface area (Å²) in [6.45, 7) is 0.882. The molecule has 0 aliphatic heterocycles. The van der Waals surface area contributed by atoms with E-state index in [1.807, 2.05) is 29.2 Å². The number of imidazole rings is 1. The number of rotatable bonds is 2. The summed E-state index contributed by atoms with van der Waals surface area (Å²) in [6, 6.07) is 8.30. The molecule has 0 aliphatic rings. The molecule has 0 unspecified atom stereocenters. The maximum atomic E-state index is 3.99. The van der Waals surface area contributed by atoms with Gasteiger partial charge >= 0.3 is 0 Å². The fraction of sp³-hybridized carbons (Fsp3) is 0.100. The van der Waals surface area contributed by atoms with E-state index in [1.165, 1.54) is 5.56 Å². The van der Waals surface area contributed by atoms with Crippen LogP contribution in [-0.4, -0.2) is 9.55 Å². The van der Waals surface area contributed by atoms with E-state index >= 15 is 0 Å². The zero-order valence-electron chi connectivity index (χ0n) is 7.02. The lowest BCUT2D eigenvalue weighted by Gasteiger charge is -2.01. The van der Waals surface area contributed by atoms with E-state index in [2.05, 4.69) is 33.0 Å². The molecule has 2 aromatic rings. The van der Waals surface area contributed by atoms with E-state index < -0.39 is 0 Å². The van der Waals surface area contributed by atoms with E-state index in [4.69, 9.17) is 0 Å². The van der Waals surface area contributed by atoms with Crippen molar-refractivity contribution in [3.05, 3.63) is 53.0 Å². The summed E-state index contributed by atoms with van der Waals surface area (Å²) in [6.07, 6.45) is 5.57. The molecule has 1 heterocycles. The minimum Gasteiger partial charge on any atom is -0.333 e. The van der Waals surface area contributed by atoms with Crippen LogP contribution in [0.3, 0.4) is 0 Å². The van der Waals surface area contributed by atoms with Gasteiger partial charge in [-0.3, -0.25) is 0 Å². The second kappa shape index (κ2) is 3.75. The van der Waals surface area contributed by atoms with Gasteiger partial charge in [-0.1, -0.05) is 28.1 Å². The maximum Gasteiger partial charge on any atom is 0.0949 e. The van der Waals surface area contributed by atoms with Crippen LogP contribution in [0.15, 0.2) is 47.5 Å². The van der Waals surface area contributed by atoms with Gasteiger partial charge in [0, 0.05) is 23.4 Å². The summed E-state index contributed by atoms with van der Waals surface area (Å²) in [4.78, 5) is 3.99. The van der Waals surface area contributed by atoms with Gasteiger partial charge in [-0.25, -0.2) is 4.98 Å². The van der Waals surface area contributed by atoms with Gasteiger partial charge in [-0.2, -0.15) is 0 Å². The first kappa shape index (κ1) is 8.51. The molecule has 0 saturated heterocycles. The molecule has 0 N–H and O–H groups in total. The zero-order chi connectivity index (χ0) is 9.10. The van der Waals surface area contributed by atoms with Crippen LogP contribution in [0.25, 0.3) is 0 Å². The van der Waals surface area contributed by atoms with Gasteiger partial charge in [0.1, 0.15) is 0 Å². The van der Waals surface area contributed by atoms with Crippen LogP contribution >= 0.6 is 15.9 Å². The summed E-state index contributed by atoms with van der Waals surface area (Å²) in [7, 11) is 0. The van der Waals surface area contributed by atoms with Gasteiger partial charge in [-0.15, -0.1) is 0 Å². The summed E-state index contributed by atoms with van der Waals surface area (Å²) in [5.74, 6) is 0. The normalized spacial score (nSPS) is 10.2. The molecular weight excluding hydrogens is 228 g/mol. The van der Waals surface area contributed by atoms with Crippen LogP contribution in [0.5, 0.6) is 0 Å². The van der Waals surface area contributed by atoms with Crippen LogP contribution < -0.4 is 0 Å². The molecule has 0 bridgehead atoms. The summed E-state index contributed by atoms with van der Waals surface area (Å²) in [5.41, 5.74) is 1.28. The van der Waals surface area contributed by atoms with Gasteiger partial charge < -0.3 is 4.57 Å². The molecule has 0 radical (unpaired) electrons. The second-order valence-electron chi connectivity index (χ2n) is 2.86. The van der Waals surface area contributed by atoms with E-state index in [-0.39, 0.29) is 0 Å². The largest absolute Gasteiger partial charge is 0.333 e. The fourth-order valence-electron chi connectivity index (χ4n) is 1.18. The van der Waals surface area contributed by atoms with Crippen molar-refractivity contribution in [3.63, 3.8) is 0 Å². The molecule has 2 rings (SSSR count). The van der Waals surface area contributed by atoms with Crippen molar-refractivity contribution in [3.8, 4) is 0 Å². The lowest BCUT2D eigenvalue weighted by atomic mass is 10.2. The SMILES string of the molecule is Brc1ccc(Cn2ccnc2)cc1. The molecule has 2 nitrogen and oxygen atoms in total. The van der Waals surface area contributed by atoms with Crippen LogP contribution in [0.2, 0.25) is 0 Å². The highest BCUT2D eigenvalue weighted by Crippen LogP contribution is 2.11. The standard InChI is InChI=1S/C10H9BrN2/c11-10-3-1-9(2-4-10)7-13-6-5-12-8-13/h1-6,8H,7H2. The molecule has 0 amide bonds. The van der Waals surface area contributed by atoms with Crippen LogP contribution in [0, 0.1) is 0 Å². The van der Waals surface area contributed by atoms with E-state index in [0.717, 1.165) is 11.0 Å². The van der Waals surface area contributed by atoms with Gasteiger partial charge in [0.25, 0.3) is 0 Å². The maximum absolute atomic E-state index is 3.99. The van der Waals surface area contributed by atoms with Crippen LogP contribution in [-0.2, 0) is 6.54 Å². The Morgan fingerprint density at radius 2 is 2.00 bits per heavy atom. The Morgan fingerprint density at radius 3 is 2.62 bits per heavy atom. The molecule has 1 aromatic heterocycles. The third-order valence-electron chi connectivity index (χ3n) is 1.84. The summed E-state index contributed by atoms with van der Waals surface area (Å²) < 4.78 is 3.16. The molecule has 0 saturated carbocycles. The van der Waals surface area contributed by atoms with Crippen molar-refractivity contribution in [2.24, 2.45) is 0 Å². The van der Waals surface area contributed by atoms with E-state index in [9.17, 15) is 0 Å². The third-order valence-corrected chi connectivity index (χ3v) is 2.37. The Hall–Kier alpha value is -1.09. The Balaban J connectivity index is 2.15. The predicted octanol–water partition coefficient (Wildman–Crippen LogP) is 2.69. The fourth-order valence-corrected chi connectivity index (χ4v) is 1.45. The lowest BCUT2D eigenvalue weighted by molar-refractivity contribution is 0.797. The molecule has 13 heavy (non-hydrogen) atoms. The van der Waals surface area contributed by atoms with Gasteiger partial charge in [0.15, 0.2) is 0 Å². The first-order valence-electron chi connectivity index (χ1n) is 4.05. The van der Waals surface area contributed by atoms with Crippen molar-refractivity contribution < 1.29 is 0 Å². The predicted molar refractivity (Wildman–Crippen MR) is 55.5 cm³/mol. The number of aromatic nitrogens is 2. The Morgan fingerprint density at radius 1 is 1.23 bits per heavy atom. The average molecular weight is 237 g/mol. The Labute approximate surface area is 85.4 Å². The van der Waals surface area contributed by atoms with Crippen LogP contribution in [0.4, 0.5) is 0 Å². The molecule has 0 fully saturated rings. The zero-order valence-corrected chi connectivity index (χ0v) is 8.61. The lowest BCUT2D eigenvalue weighted by Crippen LogP contribution is -1.95. The Bertz CT molecular complexity index is 364. The number of nitrogens with zero attached hydrogens (tertiary/aromatic N) is 2. The molecule has 0 aliphatic carbocycles. The molecule has 0 spiro atoms. The number of benzene rings is 1. The highest BCUT2D eigenvalue weighted by atomic mass is 79.9. The number of hydrogen-bond donors (Lipinski definition) is 0. The van der Waals surface area contributed by atoms with Gasteiger partial charge in [0.05, 0.1) is 6.33 Å². The van der Waals surface area contributed by atoms with Gasteiger partial charge in [0.2, 0.25) is 0 Å². The quantitative estimate of drug-likeness (QED) is 0.785. The minimum absolute atomic E-state index is 0.882. The summed E-state index contributed by atoms with van der Waals surface area (Å²) >= 11 is 3.40. The molecule has 66 valence electrons. The van der Waals surface area contributed by atoms with Crippen LogP contribution in [0.1, 0.15) is 5.56 Å². The Kier molecular flexibility index (Phi) is 2.45. The molecular formula is C10H9BrN2.